The van der Waals surface area contributed by atoms with Crippen molar-refractivity contribution in [2.24, 2.45) is 0 Å². The summed E-state index contributed by atoms with van der Waals surface area (Å²) in [5.74, 6) is 0. The van der Waals surface area contributed by atoms with Crippen LogP contribution in [-0.2, 0) is 14.2 Å². The van der Waals surface area contributed by atoms with Gasteiger partial charge in [-0.1, -0.05) is 45.4 Å². The van der Waals surface area contributed by atoms with E-state index in [1.165, 1.54) is 38.5 Å². The topological polar surface area (TPSA) is 68.2 Å². The van der Waals surface area contributed by atoms with Crippen LogP contribution in [0.5, 0.6) is 0 Å². The first kappa shape index (κ1) is 19.8. The summed E-state index contributed by atoms with van der Waals surface area (Å²) in [6.07, 6.45) is 8.29. The Morgan fingerprint density at radius 2 is 1.82 bits per heavy atom. The zero-order chi connectivity index (χ0) is 16.2. The van der Waals surface area contributed by atoms with Crippen LogP contribution in [0.3, 0.4) is 0 Å². The van der Waals surface area contributed by atoms with Gasteiger partial charge in [-0.15, -0.1) is 0 Å². The predicted octanol–water partition coefficient (Wildman–Crippen LogP) is 2.63. The summed E-state index contributed by atoms with van der Waals surface area (Å²) in [4.78, 5) is 0. The number of rotatable bonds is 13. The van der Waals surface area contributed by atoms with Gasteiger partial charge < -0.3 is 24.4 Å². The number of unbranched alkanes of at least 4 members (excludes halogenated alkanes) is 6. The van der Waals surface area contributed by atoms with E-state index in [1.54, 1.807) is 6.92 Å². The third kappa shape index (κ3) is 7.88. The highest BCUT2D eigenvalue weighted by molar-refractivity contribution is 4.79. The molecule has 4 atom stereocenters. The molecular formula is C17H34O5. The molecule has 1 saturated heterocycles. The first-order valence-electron chi connectivity index (χ1n) is 8.86. The van der Waals surface area contributed by atoms with Crippen molar-refractivity contribution in [1.29, 1.82) is 0 Å². The first-order valence-corrected chi connectivity index (χ1v) is 8.86. The fourth-order valence-electron chi connectivity index (χ4n) is 2.81. The summed E-state index contributed by atoms with van der Waals surface area (Å²) in [6, 6.07) is 0. The third-order valence-electron chi connectivity index (χ3n) is 4.06. The van der Waals surface area contributed by atoms with Crippen molar-refractivity contribution in [1.82, 2.24) is 0 Å². The van der Waals surface area contributed by atoms with Crippen LogP contribution >= 0.6 is 0 Å². The largest absolute Gasteiger partial charge is 0.394 e. The average molecular weight is 318 g/mol. The normalized spacial score (nSPS) is 24.5. The summed E-state index contributed by atoms with van der Waals surface area (Å²) in [6.45, 7) is 4.50. The van der Waals surface area contributed by atoms with Crippen LogP contribution in [0.2, 0.25) is 0 Å². The van der Waals surface area contributed by atoms with Gasteiger partial charge in [-0.05, 0) is 19.8 Å². The fourth-order valence-corrected chi connectivity index (χ4v) is 2.81. The van der Waals surface area contributed by atoms with Crippen LogP contribution in [0.4, 0.5) is 0 Å². The smallest absolute Gasteiger partial charge is 0.158 e. The van der Waals surface area contributed by atoms with Gasteiger partial charge in [0.25, 0.3) is 0 Å². The lowest BCUT2D eigenvalue weighted by Crippen LogP contribution is -2.40. The molecule has 0 radical (unpaired) electrons. The summed E-state index contributed by atoms with van der Waals surface area (Å²) < 4.78 is 16.9. The van der Waals surface area contributed by atoms with Crippen molar-refractivity contribution in [2.75, 3.05) is 19.8 Å². The molecule has 5 heteroatoms. The van der Waals surface area contributed by atoms with Gasteiger partial charge in [-0.3, -0.25) is 0 Å². The van der Waals surface area contributed by atoms with Crippen molar-refractivity contribution in [3.63, 3.8) is 0 Å². The number of hydrogen-bond acceptors (Lipinski definition) is 5. The van der Waals surface area contributed by atoms with E-state index >= 15 is 0 Å². The van der Waals surface area contributed by atoms with Crippen LogP contribution in [0.1, 0.15) is 65.2 Å². The highest BCUT2D eigenvalue weighted by atomic mass is 16.7. The first-order chi connectivity index (χ1) is 10.7. The van der Waals surface area contributed by atoms with Crippen LogP contribution in [0.15, 0.2) is 0 Å². The molecule has 2 unspecified atom stereocenters. The van der Waals surface area contributed by atoms with Gasteiger partial charge >= 0.3 is 0 Å². The number of ether oxygens (including phenoxy) is 3. The van der Waals surface area contributed by atoms with Crippen LogP contribution in [0.25, 0.3) is 0 Å². The molecular weight excluding hydrogens is 284 g/mol. The monoisotopic (exact) mass is 318 g/mol. The van der Waals surface area contributed by atoms with E-state index in [0.29, 0.717) is 6.61 Å². The van der Waals surface area contributed by atoms with Crippen molar-refractivity contribution in [2.45, 2.75) is 89.8 Å². The molecule has 1 fully saturated rings. The van der Waals surface area contributed by atoms with E-state index in [2.05, 4.69) is 6.92 Å². The van der Waals surface area contributed by atoms with E-state index in [4.69, 9.17) is 19.3 Å². The fraction of sp³-hybridized carbons (Fsp3) is 1.00. The van der Waals surface area contributed by atoms with Crippen LogP contribution in [0, 0.1) is 0 Å². The Hall–Kier alpha value is -0.200. The van der Waals surface area contributed by atoms with Gasteiger partial charge in [-0.25, -0.2) is 0 Å². The van der Waals surface area contributed by atoms with Crippen molar-refractivity contribution >= 4 is 0 Å². The molecule has 1 aliphatic rings. The van der Waals surface area contributed by atoms with Crippen LogP contribution in [-0.4, -0.2) is 54.6 Å². The Balaban J connectivity index is 2.13. The van der Waals surface area contributed by atoms with Gasteiger partial charge in [0.05, 0.1) is 25.9 Å². The zero-order valence-corrected chi connectivity index (χ0v) is 14.2. The second kappa shape index (κ2) is 12.3. The summed E-state index contributed by atoms with van der Waals surface area (Å²) in [5, 5.41) is 18.6. The van der Waals surface area contributed by atoms with Crippen molar-refractivity contribution < 1.29 is 24.4 Å². The average Bonchev–Trinajstić information content (AvgIpc) is 2.95. The maximum Gasteiger partial charge on any atom is 0.158 e. The van der Waals surface area contributed by atoms with E-state index in [0.717, 1.165) is 12.8 Å². The minimum absolute atomic E-state index is 0.0573. The Morgan fingerprint density at radius 1 is 1.14 bits per heavy atom. The number of aliphatic hydroxyl groups is 2. The molecule has 0 bridgehead atoms. The Kier molecular flexibility index (Phi) is 11.1. The highest BCUT2D eigenvalue weighted by Crippen LogP contribution is 2.23. The Bertz CT molecular complexity index is 259. The number of hydrogen-bond donors (Lipinski definition) is 2. The molecule has 132 valence electrons. The minimum atomic E-state index is -0.641. The van der Waals surface area contributed by atoms with Crippen molar-refractivity contribution in [3.8, 4) is 0 Å². The Morgan fingerprint density at radius 3 is 2.45 bits per heavy atom. The Labute approximate surface area is 135 Å². The molecule has 1 rings (SSSR count). The van der Waals surface area contributed by atoms with Gasteiger partial charge in [0.15, 0.2) is 6.29 Å². The maximum absolute atomic E-state index is 9.76. The van der Waals surface area contributed by atoms with Gasteiger partial charge in [-0.2, -0.15) is 0 Å². The molecule has 1 heterocycles. The molecule has 5 nitrogen and oxygen atoms in total. The van der Waals surface area contributed by atoms with Gasteiger partial charge in [0.2, 0.25) is 0 Å². The minimum Gasteiger partial charge on any atom is -0.394 e. The lowest BCUT2D eigenvalue weighted by atomic mass is 10.1. The van der Waals surface area contributed by atoms with Crippen molar-refractivity contribution in [3.05, 3.63) is 0 Å². The molecule has 0 spiro atoms. The highest BCUT2D eigenvalue weighted by Gasteiger charge is 2.35. The SMILES string of the molecule is CCCCCCCCCC1OCC([C@@H](OCCO)[C@@H](C)O)O1. The lowest BCUT2D eigenvalue weighted by Gasteiger charge is -2.25. The molecule has 0 aromatic rings. The summed E-state index contributed by atoms with van der Waals surface area (Å²) in [7, 11) is 0. The summed E-state index contributed by atoms with van der Waals surface area (Å²) in [5.41, 5.74) is 0. The molecule has 0 aromatic carbocycles. The third-order valence-corrected chi connectivity index (χ3v) is 4.06. The second-order valence-electron chi connectivity index (χ2n) is 6.15. The van der Waals surface area contributed by atoms with E-state index < -0.39 is 12.2 Å². The standard InChI is InChI=1S/C17H34O5/c1-3-4-5-6-7-8-9-10-16-21-13-15(22-16)17(14(2)19)20-12-11-18/h14-19H,3-13H2,1-2H3/t14-,15?,16?,17+/m1/s1. The molecule has 0 amide bonds. The van der Waals surface area contributed by atoms with E-state index in [9.17, 15) is 5.11 Å². The predicted molar refractivity (Wildman–Crippen MR) is 85.7 cm³/mol. The second-order valence-corrected chi connectivity index (χ2v) is 6.15. The molecule has 0 aromatic heterocycles. The molecule has 1 aliphatic heterocycles. The zero-order valence-electron chi connectivity index (χ0n) is 14.2. The maximum atomic E-state index is 9.76. The molecule has 2 N–H and O–H groups in total. The molecule has 0 saturated carbocycles. The lowest BCUT2D eigenvalue weighted by molar-refractivity contribution is -0.128. The molecule has 0 aliphatic carbocycles. The summed E-state index contributed by atoms with van der Waals surface area (Å²) >= 11 is 0. The van der Waals surface area contributed by atoms with Gasteiger partial charge in [0, 0.05) is 0 Å². The number of aliphatic hydroxyl groups excluding tert-OH is 2. The van der Waals surface area contributed by atoms with E-state index in [-0.39, 0.29) is 25.6 Å². The van der Waals surface area contributed by atoms with Crippen LogP contribution < -0.4 is 0 Å². The quantitative estimate of drug-likeness (QED) is 0.511. The van der Waals surface area contributed by atoms with Gasteiger partial charge in [0.1, 0.15) is 12.2 Å². The molecule has 22 heavy (non-hydrogen) atoms. The van der Waals surface area contributed by atoms with E-state index in [1.807, 2.05) is 0 Å².